The van der Waals surface area contributed by atoms with Crippen LogP contribution >= 0.6 is 0 Å². The van der Waals surface area contributed by atoms with Crippen molar-refractivity contribution in [2.75, 3.05) is 27.2 Å². The molecule has 0 radical (unpaired) electrons. The van der Waals surface area contributed by atoms with Crippen molar-refractivity contribution in [2.45, 2.75) is 39.2 Å². The van der Waals surface area contributed by atoms with Gasteiger partial charge in [0.15, 0.2) is 0 Å². The third-order valence-corrected chi connectivity index (χ3v) is 7.54. The molecule has 0 bridgehead atoms. The maximum absolute atomic E-state index is 13.3. The third-order valence-electron chi connectivity index (χ3n) is 7.54. The SMILES string of the molecule is COc1cccc(CC(C2CCN(C(=O)c3cccc(C)c3C)CC2)N(C)C(=O)c2ccn(C)n2)c1. The molecule has 0 spiro atoms. The highest BCUT2D eigenvalue weighted by atomic mass is 16.5. The lowest BCUT2D eigenvalue weighted by molar-refractivity contribution is 0.0518. The van der Waals surface area contributed by atoms with E-state index in [1.54, 1.807) is 24.1 Å². The number of rotatable bonds is 7. The second-order valence-corrected chi connectivity index (χ2v) is 9.79. The van der Waals surface area contributed by atoms with Crippen molar-refractivity contribution in [2.24, 2.45) is 13.0 Å². The number of hydrogen-bond acceptors (Lipinski definition) is 4. The molecule has 1 atom stereocenters. The van der Waals surface area contributed by atoms with E-state index in [1.807, 2.05) is 74.1 Å². The molecule has 0 aliphatic carbocycles. The molecule has 1 aliphatic heterocycles. The van der Waals surface area contributed by atoms with E-state index in [4.69, 9.17) is 4.74 Å². The van der Waals surface area contributed by atoms with E-state index in [0.29, 0.717) is 25.2 Å². The van der Waals surface area contributed by atoms with E-state index in [-0.39, 0.29) is 23.8 Å². The van der Waals surface area contributed by atoms with E-state index >= 15 is 0 Å². The molecule has 1 unspecified atom stereocenters. The van der Waals surface area contributed by atoms with Crippen molar-refractivity contribution < 1.29 is 14.3 Å². The van der Waals surface area contributed by atoms with Gasteiger partial charge in [-0.1, -0.05) is 24.3 Å². The minimum absolute atomic E-state index is 0.0235. The van der Waals surface area contributed by atoms with Crippen molar-refractivity contribution in [3.8, 4) is 5.75 Å². The van der Waals surface area contributed by atoms with Crippen LogP contribution in [0.2, 0.25) is 0 Å². The lowest BCUT2D eigenvalue weighted by atomic mass is 9.84. The van der Waals surface area contributed by atoms with Crippen LogP contribution in [0.15, 0.2) is 54.7 Å². The van der Waals surface area contributed by atoms with Crippen LogP contribution in [0, 0.1) is 19.8 Å². The molecular formula is C29H36N4O3. The van der Waals surface area contributed by atoms with Gasteiger partial charge < -0.3 is 14.5 Å². The normalized spacial score (nSPS) is 15.0. The van der Waals surface area contributed by atoms with Crippen molar-refractivity contribution in [1.82, 2.24) is 19.6 Å². The summed E-state index contributed by atoms with van der Waals surface area (Å²) in [5, 5.41) is 4.33. The predicted octanol–water partition coefficient (Wildman–Crippen LogP) is 4.28. The number of piperidine rings is 1. The Balaban J connectivity index is 1.53. The predicted molar refractivity (Wildman–Crippen MR) is 140 cm³/mol. The van der Waals surface area contributed by atoms with Gasteiger partial charge in [0.2, 0.25) is 0 Å². The highest BCUT2D eigenvalue weighted by Crippen LogP contribution is 2.29. The van der Waals surface area contributed by atoms with Crippen LogP contribution < -0.4 is 4.74 Å². The molecule has 7 nitrogen and oxygen atoms in total. The summed E-state index contributed by atoms with van der Waals surface area (Å²) < 4.78 is 7.07. The number of likely N-dealkylation sites (N-methyl/N-ethyl adjacent to an activating group) is 1. The van der Waals surface area contributed by atoms with Gasteiger partial charge in [0.25, 0.3) is 11.8 Å². The van der Waals surface area contributed by atoms with Gasteiger partial charge in [-0.3, -0.25) is 14.3 Å². The first-order chi connectivity index (χ1) is 17.3. The summed E-state index contributed by atoms with van der Waals surface area (Å²) in [6.07, 6.45) is 4.17. The first-order valence-corrected chi connectivity index (χ1v) is 12.5. The number of aromatic nitrogens is 2. The standard InChI is InChI=1S/C29H36N4O3/c1-20-8-6-11-25(21(20)2)28(34)33-16-12-23(13-17-33)27(19-22-9-7-10-24(18-22)36-5)32(4)29(35)26-14-15-31(3)30-26/h6-11,14-15,18,23,27H,12-13,16-17,19H2,1-5H3. The van der Waals surface area contributed by atoms with E-state index in [2.05, 4.69) is 11.2 Å². The second-order valence-electron chi connectivity index (χ2n) is 9.79. The van der Waals surface area contributed by atoms with Crippen LogP contribution in [0.3, 0.4) is 0 Å². The fourth-order valence-corrected chi connectivity index (χ4v) is 5.16. The zero-order valence-electron chi connectivity index (χ0n) is 21.9. The van der Waals surface area contributed by atoms with Gasteiger partial charge in [0.1, 0.15) is 11.4 Å². The lowest BCUT2D eigenvalue weighted by Crippen LogP contribution is -2.48. The number of carbonyl (C=O) groups excluding carboxylic acids is 2. The number of carbonyl (C=O) groups is 2. The highest BCUT2D eigenvalue weighted by molar-refractivity contribution is 5.96. The van der Waals surface area contributed by atoms with E-state index in [0.717, 1.165) is 40.8 Å². The van der Waals surface area contributed by atoms with Gasteiger partial charge in [0, 0.05) is 45.0 Å². The quantitative estimate of drug-likeness (QED) is 0.498. The minimum Gasteiger partial charge on any atom is -0.497 e. The van der Waals surface area contributed by atoms with Crippen LogP contribution in [-0.4, -0.2) is 64.7 Å². The van der Waals surface area contributed by atoms with Gasteiger partial charge in [0.05, 0.1) is 7.11 Å². The molecule has 0 saturated carbocycles. The fraction of sp³-hybridized carbons (Fsp3) is 0.414. The molecule has 1 aromatic heterocycles. The largest absolute Gasteiger partial charge is 0.497 e. The molecule has 1 aliphatic rings. The smallest absolute Gasteiger partial charge is 0.274 e. The summed E-state index contributed by atoms with van der Waals surface area (Å²) in [4.78, 5) is 30.4. The van der Waals surface area contributed by atoms with Crippen molar-refractivity contribution in [3.63, 3.8) is 0 Å². The summed E-state index contributed by atoms with van der Waals surface area (Å²) in [6, 6.07) is 15.7. The average molecular weight is 489 g/mol. The Hall–Kier alpha value is -3.61. The van der Waals surface area contributed by atoms with Crippen LogP contribution in [0.5, 0.6) is 5.75 Å². The Labute approximate surface area is 213 Å². The van der Waals surface area contributed by atoms with Crippen molar-refractivity contribution >= 4 is 11.8 Å². The van der Waals surface area contributed by atoms with Gasteiger partial charge in [-0.25, -0.2) is 0 Å². The lowest BCUT2D eigenvalue weighted by Gasteiger charge is -2.40. The summed E-state index contributed by atoms with van der Waals surface area (Å²) in [5.74, 6) is 1.07. The van der Waals surface area contributed by atoms with E-state index in [1.165, 1.54) is 0 Å². The molecule has 0 N–H and O–H groups in total. The number of nitrogens with zero attached hydrogens (tertiary/aromatic N) is 4. The maximum Gasteiger partial charge on any atom is 0.274 e. The molecule has 2 amide bonds. The fourth-order valence-electron chi connectivity index (χ4n) is 5.16. The zero-order valence-corrected chi connectivity index (χ0v) is 21.9. The molecule has 2 aromatic carbocycles. The molecule has 7 heteroatoms. The van der Waals surface area contributed by atoms with Crippen LogP contribution in [0.4, 0.5) is 0 Å². The van der Waals surface area contributed by atoms with Crippen molar-refractivity contribution in [1.29, 1.82) is 0 Å². The van der Waals surface area contributed by atoms with E-state index in [9.17, 15) is 9.59 Å². The number of methoxy groups -OCH3 is 1. The Morgan fingerprint density at radius 3 is 2.50 bits per heavy atom. The van der Waals surface area contributed by atoms with Gasteiger partial charge in [-0.15, -0.1) is 0 Å². The van der Waals surface area contributed by atoms with Crippen LogP contribution in [0.25, 0.3) is 0 Å². The maximum atomic E-state index is 13.3. The molecule has 2 heterocycles. The zero-order chi connectivity index (χ0) is 25.8. The Kier molecular flexibility index (Phi) is 7.77. The highest BCUT2D eigenvalue weighted by Gasteiger charge is 2.34. The first kappa shape index (κ1) is 25.5. The number of hydrogen-bond donors (Lipinski definition) is 0. The average Bonchev–Trinajstić information content (AvgIpc) is 3.34. The molecule has 36 heavy (non-hydrogen) atoms. The van der Waals surface area contributed by atoms with E-state index < -0.39 is 0 Å². The summed E-state index contributed by atoms with van der Waals surface area (Å²) >= 11 is 0. The molecule has 4 rings (SSSR count). The number of amides is 2. The van der Waals surface area contributed by atoms with Crippen LogP contribution in [-0.2, 0) is 13.5 Å². The number of likely N-dealkylation sites (tertiary alicyclic amines) is 1. The Morgan fingerprint density at radius 1 is 1.11 bits per heavy atom. The summed E-state index contributed by atoms with van der Waals surface area (Å²) in [7, 11) is 5.35. The molecule has 1 saturated heterocycles. The number of ether oxygens (including phenoxy) is 1. The monoisotopic (exact) mass is 488 g/mol. The molecule has 190 valence electrons. The van der Waals surface area contributed by atoms with Gasteiger partial charge in [-0.2, -0.15) is 5.10 Å². The van der Waals surface area contributed by atoms with Crippen LogP contribution in [0.1, 0.15) is 50.4 Å². The molecule has 3 aromatic rings. The second kappa shape index (κ2) is 11.0. The Morgan fingerprint density at radius 2 is 1.83 bits per heavy atom. The first-order valence-electron chi connectivity index (χ1n) is 12.5. The number of aryl methyl sites for hydroxylation is 2. The topological polar surface area (TPSA) is 67.7 Å². The summed E-state index contributed by atoms with van der Waals surface area (Å²) in [6.45, 7) is 5.40. The minimum atomic E-state index is -0.0858. The Bertz CT molecular complexity index is 1230. The summed E-state index contributed by atoms with van der Waals surface area (Å²) in [5.41, 5.74) is 4.51. The molecule has 1 fully saturated rings. The molecular weight excluding hydrogens is 452 g/mol. The van der Waals surface area contributed by atoms with Crippen molar-refractivity contribution in [3.05, 3.63) is 82.7 Å². The third kappa shape index (κ3) is 5.45. The number of benzene rings is 2. The van der Waals surface area contributed by atoms with Gasteiger partial charge in [-0.05, 0) is 80.0 Å². The van der Waals surface area contributed by atoms with Gasteiger partial charge >= 0.3 is 0 Å².